The molecular weight excluding hydrogens is 262 g/mol. The zero-order chi connectivity index (χ0) is 14.5. The predicted molar refractivity (Wildman–Crippen MR) is 75.2 cm³/mol. The van der Waals surface area contributed by atoms with Crippen LogP contribution in [0.4, 0.5) is 14.5 Å². The Morgan fingerprint density at radius 3 is 2.40 bits per heavy atom. The molecule has 2 aromatic carbocycles. The third-order valence-electron chi connectivity index (χ3n) is 2.77. The van der Waals surface area contributed by atoms with Crippen molar-refractivity contribution in [3.8, 4) is 5.75 Å². The quantitative estimate of drug-likeness (QED) is 0.680. The molecule has 2 rings (SSSR count). The Bertz CT molecular complexity index is 624. The molecule has 2 aromatic rings. The number of hydrogen-bond donors (Lipinski definition) is 1. The fourth-order valence-electron chi connectivity index (χ4n) is 1.63. The van der Waals surface area contributed by atoms with Crippen molar-refractivity contribution in [2.24, 2.45) is 5.10 Å². The molecule has 3 nitrogen and oxygen atoms in total. The second-order valence-corrected chi connectivity index (χ2v) is 4.17. The molecule has 0 amide bonds. The Morgan fingerprint density at radius 1 is 1.10 bits per heavy atom. The van der Waals surface area contributed by atoms with Crippen molar-refractivity contribution >= 4 is 11.4 Å². The van der Waals surface area contributed by atoms with Crippen molar-refractivity contribution in [3.63, 3.8) is 0 Å². The minimum Gasteiger partial charge on any atom is -0.494 e. The standard InChI is InChI=1S/C15H14F2N2O/c1-10(11-3-8-15(20-2)14(17)9-11)18-19-13-6-4-12(16)5-7-13/h3-9,19H,1-2H3/b18-10-. The first-order chi connectivity index (χ1) is 9.60. The summed E-state index contributed by atoms with van der Waals surface area (Å²) in [7, 11) is 1.41. The molecule has 0 fully saturated rings. The van der Waals surface area contributed by atoms with E-state index in [1.807, 2.05) is 0 Å². The van der Waals surface area contributed by atoms with Crippen LogP contribution < -0.4 is 10.2 Å². The first-order valence-electron chi connectivity index (χ1n) is 6.00. The third-order valence-corrected chi connectivity index (χ3v) is 2.77. The minimum atomic E-state index is -0.443. The molecule has 20 heavy (non-hydrogen) atoms. The van der Waals surface area contributed by atoms with Crippen LogP contribution in [0.25, 0.3) is 0 Å². The number of halogens is 2. The third kappa shape index (κ3) is 3.32. The van der Waals surface area contributed by atoms with Crippen molar-refractivity contribution < 1.29 is 13.5 Å². The van der Waals surface area contributed by atoms with Crippen LogP contribution in [0.1, 0.15) is 12.5 Å². The average Bonchev–Trinajstić information content (AvgIpc) is 2.46. The lowest BCUT2D eigenvalue weighted by Crippen LogP contribution is -2.01. The lowest BCUT2D eigenvalue weighted by molar-refractivity contribution is 0.386. The van der Waals surface area contributed by atoms with E-state index in [9.17, 15) is 8.78 Å². The van der Waals surface area contributed by atoms with Crippen LogP contribution in [-0.2, 0) is 0 Å². The monoisotopic (exact) mass is 276 g/mol. The molecular formula is C15H14F2N2O. The van der Waals surface area contributed by atoms with Gasteiger partial charge in [-0.25, -0.2) is 8.78 Å². The zero-order valence-corrected chi connectivity index (χ0v) is 11.2. The van der Waals surface area contributed by atoms with Crippen LogP contribution in [0.5, 0.6) is 5.75 Å². The number of nitrogens with zero attached hydrogens (tertiary/aromatic N) is 1. The number of hydrazone groups is 1. The van der Waals surface area contributed by atoms with Gasteiger partial charge in [-0.1, -0.05) is 0 Å². The summed E-state index contributed by atoms with van der Waals surface area (Å²) >= 11 is 0. The topological polar surface area (TPSA) is 33.6 Å². The van der Waals surface area contributed by atoms with Gasteiger partial charge in [-0.15, -0.1) is 0 Å². The van der Waals surface area contributed by atoms with Crippen LogP contribution >= 0.6 is 0 Å². The largest absolute Gasteiger partial charge is 0.494 e. The molecule has 0 atom stereocenters. The fraction of sp³-hybridized carbons (Fsp3) is 0.133. The molecule has 5 heteroatoms. The molecule has 0 aliphatic carbocycles. The molecule has 0 aromatic heterocycles. The van der Waals surface area contributed by atoms with E-state index in [1.165, 1.54) is 25.3 Å². The molecule has 0 radical (unpaired) electrons. The fourth-order valence-corrected chi connectivity index (χ4v) is 1.63. The smallest absolute Gasteiger partial charge is 0.165 e. The zero-order valence-electron chi connectivity index (χ0n) is 11.2. The van der Waals surface area contributed by atoms with Crippen LogP contribution in [0.15, 0.2) is 47.6 Å². The number of ether oxygens (including phenoxy) is 1. The number of benzene rings is 2. The Labute approximate surface area is 115 Å². The van der Waals surface area contributed by atoms with E-state index in [4.69, 9.17) is 4.74 Å². The van der Waals surface area contributed by atoms with Gasteiger partial charge in [0.2, 0.25) is 0 Å². The van der Waals surface area contributed by atoms with E-state index in [0.717, 1.165) is 0 Å². The lowest BCUT2D eigenvalue weighted by atomic mass is 10.1. The predicted octanol–water partition coefficient (Wildman–Crippen LogP) is 3.81. The van der Waals surface area contributed by atoms with Crippen molar-refractivity contribution in [2.75, 3.05) is 12.5 Å². The van der Waals surface area contributed by atoms with Gasteiger partial charge in [0.05, 0.1) is 18.5 Å². The van der Waals surface area contributed by atoms with E-state index in [-0.39, 0.29) is 11.6 Å². The highest BCUT2D eigenvalue weighted by atomic mass is 19.1. The van der Waals surface area contributed by atoms with E-state index >= 15 is 0 Å². The van der Waals surface area contributed by atoms with Gasteiger partial charge in [0.25, 0.3) is 0 Å². The van der Waals surface area contributed by atoms with Gasteiger partial charge in [0, 0.05) is 5.56 Å². The van der Waals surface area contributed by atoms with Crippen molar-refractivity contribution in [1.82, 2.24) is 0 Å². The Kier molecular flexibility index (Phi) is 4.30. The van der Waals surface area contributed by atoms with Gasteiger partial charge in [-0.3, -0.25) is 5.43 Å². The summed E-state index contributed by atoms with van der Waals surface area (Å²) in [5, 5.41) is 4.13. The normalized spacial score (nSPS) is 11.3. The number of anilines is 1. The van der Waals surface area contributed by atoms with Gasteiger partial charge in [-0.05, 0) is 49.4 Å². The van der Waals surface area contributed by atoms with Crippen LogP contribution in [0.3, 0.4) is 0 Å². The molecule has 1 N–H and O–H groups in total. The highest BCUT2D eigenvalue weighted by Gasteiger charge is 2.05. The molecule has 0 saturated heterocycles. The summed E-state index contributed by atoms with van der Waals surface area (Å²) in [6, 6.07) is 10.4. The second-order valence-electron chi connectivity index (χ2n) is 4.17. The SMILES string of the molecule is COc1ccc(/C(C)=N\Nc2ccc(F)cc2)cc1F. The Hall–Kier alpha value is -2.43. The Morgan fingerprint density at radius 2 is 1.80 bits per heavy atom. The summed E-state index contributed by atoms with van der Waals surface area (Å²) in [6.07, 6.45) is 0. The summed E-state index contributed by atoms with van der Waals surface area (Å²) < 4.78 is 31.2. The second kappa shape index (κ2) is 6.14. The number of methoxy groups -OCH3 is 1. The number of hydrogen-bond acceptors (Lipinski definition) is 3. The molecule has 104 valence electrons. The first kappa shape index (κ1) is 14.0. The van der Waals surface area contributed by atoms with Crippen molar-refractivity contribution in [3.05, 3.63) is 59.7 Å². The van der Waals surface area contributed by atoms with E-state index in [1.54, 1.807) is 31.2 Å². The molecule has 0 aliphatic heterocycles. The van der Waals surface area contributed by atoms with Crippen LogP contribution in [0.2, 0.25) is 0 Å². The maximum absolute atomic E-state index is 13.6. The van der Waals surface area contributed by atoms with Gasteiger partial charge in [0.15, 0.2) is 11.6 Å². The maximum atomic E-state index is 13.6. The molecule has 0 aliphatic rings. The highest BCUT2D eigenvalue weighted by Crippen LogP contribution is 2.18. The number of rotatable bonds is 4. The molecule has 0 spiro atoms. The molecule has 0 saturated carbocycles. The van der Waals surface area contributed by atoms with Gasteiger partial charge in [0.1, 0.15) is 5.82 Å². The van der Waals surface area contributed by atoms with E-state index in [0.29, 0.717) is 17.0 Å². The van der Waals surface area contributed by atoms with Crippen LogP contribution in [0, 0.1) is 11.6 Å². The molecule has 0 bridgehead atoms. The highest BCUT2D eigenvalue weighted by molar-refractivity contribution is 5.99. The maximum Gasteiger partial charge on any atom is 0.165 e. The minimum absolute atomic E-state index is 0.188. The van der Waals surface area contributed by atoms with Crippen molar-refractivity contribution in [1.29, 1.82) is 0 Å². The summed E-state index contributed by atoms with van der Waals surface area (Å²) in [6.45, 7) is 1.75. The van der Waals surface area contributed by atoms with Crippen molar-refractivity contribution in [2.45, 2.75) is 6.92 Å². The number of nitrogens with one attached hydrogen (secondary N) is 1. The summed E-state index contributed by atoms with van der Waals surface area (Å²) in [4.78, 5) is 0. The van der Waals surface area contributed by atoms with Gasteiger partial charge >= 0.3 is 0 Å². The molecule has 0 heterocycles. The van der Waals surface area contributed by atoms with E-state index in [2.05, 4.69) is 10.5 Å². The molecule has 0 unspecified atom stereocenters. The average molecular weight is 276 g/mol. The lowest BCUT2D eigenvalue weighted by Gasteiger charge is -2.06. The van der Waals surface area contributed by atoms with Gasteiger partial charge in [-0.2, -0.15) is 5.10 Å². The van der Waals surface area contributed by atoms with Gasteiger partial charge < -0.3 is 4.74 Å². The summed E-state index contributed by atoms with van der Waals surface area (Å²) in [5.74, 6) is -0.567. The summed E-state index contributed by atoms with van der Waals surface area (Å²) in [5.41, 5.74) is 4.68. The Balaban J connectivity index is 2.14. The first-order valence-corrected chi connectivity index (χ1v) is 6.00. The van der Waals surface area contributed by atoms with E-state index < -0.39 is 5.82 Å². The van der Waals surface area contributed by atoms with Crippen LogP contribution in [-0.4, -0.2) is 12.8 Å².